The summed E-state index contributed by atoms with van der Waals surface area (Å²) >= 11 is 0. The maximum atomic E-state index is 12.4. The van der Waals surface area contributed by atoms with E-state index in [9.17, 15) is 14.4 Å². The summed E-state index contributed by atoms with van der Waals surface area (Å²) in [6, 6.07) is 8.83. The summed E-state index contributed by atoms with van der Waals surface area (Å²) in [5.74, 6) is -3.03. The first kappa shape index (κ1) is 15.7. The van der Waals surface area contributed by atoms with Gasteiger partial charge in [-0.15, -0.1) is 0 Å². The standard InChI is InChI=1S/C14H17NO5/c1-14(2,10-6-4-3-5-7-10)13(20)15(8-11(16)17)9-12(18)19/h3-7H,8-9H2,1-2H3,(H,16,17)(H,18,19). The second kappa shape index (κ2) is 6.18. The number of carbonyl (C=O) groups excluding carboxylic acids is 1. The molecule has 1 amide bonds. The molecule has 0 aliphatic carbocycles. The highest BCUT2D eigenvalue weighted by Crippen LogP contribution is 2.25. The zero-order valence-corrected chi connectivity index (χ0v) is 11.4. The molecule has 0 aliphatic heterocycles. The Balaban J connectivity index is 3.04. The highest BCUT2D eigenvalue weighted by atomic mass is 16.4. The van der Waals surface area contributed by atoms with Crippen LogP contribution in [0.15, 0.2) is 30.3 Å². The summed E-state index contributed by atoms with van der Waals surface area (Å²) in [6.07, 6.45) is 0. The third kappa shape index (κ3) is 3.81. The molecule has 0 radical (unpaired) electrons. The van der Waals surface area contributed by atoms with E-state index in [4.69, 9.17) is 10.2 Å². The van der Waals surface area contributed by atoms with Crippen molar-refractivity contribution in [2.24, 2.45) is 0 Å². The molecule has 1 aromatic rings. The quantitative estimate of drug-likeness (QED) is 0.808. The number of aliphatic carboxylic acids is 2. The van der Waals surface area contributed by atoms with E-state index in [1.807, 2.05) is 0 Å². The van der Waals surface area contributed by atoms with Crippen LogP contribution in [0.3, 0.4) is 0 Å². The molecule has 1 rings (SSSR count). The summed E-state index contributed by atoms with van der Waals surface area (Å²) in [5.41, 5.74) is -0.294. The number of nitrogens with zero attached hydrogens (tertiary/aromatic N) is 1. The average molecular weight is 279 g/mol. The second-order valence-corrected chi connectivity index (χ2v) is 4.94. The van der Waals surface area contributed by atoms with E-state index in [2.05, 4.69) is 0 Å². The maximum Gasteiger partial charge on any atom is 0.323 e. The van der Waals surface area contributed by atoms with Gasteiger partial charge in [-0.05, 0) is 19.4 Å². The average Bonchev–Trinajstić information content (AvgIpc) is 2.37. The number of amides is 1. The minimum Gasteiger partial charge on any atom is -0.480 e. The fourth-order valence-electron chi connectivity index (χ4n) is 1.90. The van der Waals surface area contributed by atoms with Gasteiger partial charge in [-0.25, -0.2) is 0 Å². The van der Waals surface area contributed by atoms with Gasteiger partial charge in [-0.1, -0.05) is 30.3 Å². The zero-order valence-electron chi connectivity index (χ0n) is 11.4. The summed E-state index contributed by atoms with van der Waals surface area (Å²) in [6.45, 7) is 2.01. The molecule has 0 unspecified atom stereocenters. The van der Waals surface area contributed by atoms with Crippen LogP contribution in [0.4, 0.5) is 0 Å². The monoisotopic (exact) mass is 279 g/mol. The molecule has 0 bridgehead atoms. The largest absolute Gasteiger partial charge is 0.480 e. The number of benzene rings is 1. The Kier molecular flexibility index (Phi) is 4.85. The lowest BCUT2D eigenvalue weighted by atomic mass is 9.83. The highest BCUT2D eigenvalue weighted by Gasteiger charge is 2.35. The van der Waals surface area contributed by atoms with Crippen LogP contribution in [0, 0.1) is 0 Å². The molecule has 2 N–H and O–H groups in total. The van der Waals surface area contributed by atoms with Crippen LogP contribution >= 0.6 is 0 Å². The lowest BCUT2D eigenvalue weighted by Gasteiger charge is -2.30. The first-order chi connectivity index (χ1) is 9.25. The van der Waals surface area contributed by atoms with Gasteiger partial charge in [0.15, 0.2) is 0 Å². The van der Waals surface area contributed by atoms with Crippen molar-refractivity contribution in [1.29, 1.82) is 0 Å². The summed E-state index contributed by atoms with van der Waals surface area (Å²) in [7, 11) is 0. The molecule has 108 valence electrons. The van der Waals surface area contributed by atoms with E-state index in [-0.39, 0.29) is 0 Å². The van der Waals surface area contributed by atoms with Crippen LogP contribution in [0.5, 0.6) is 0 Å². The molecular formula is C14H17NO5. The van der Waals surface area contributed by atoms with E-state index >= 15 is 0 Å². The molecule has 0 spiro atoms. The van der Waals surface area contributed by atoms with Gasteiger partial charge < -0.3 is 15.1 Å². The predicted molar refractivity (Wildman–Crippen MR) is 71.3 cm³/mol. The van der Waals surface area contributed by atoms with Gasteiger partial charge >= 0.3 is 11.9 Å². The van der Waals surface area contributed by atoms with Crippen LogP contribution in [-0.2, 0) is 19.8 Å². The van der Waals surface area contributed by atoms with Crippen molar-refractivity contribution in [1.82, 2.24) is 4.90 Å². The number of carboxylic acids is 2. The summed E-state index contributed by atoms with van der Waals surface area (Å²) < 4.78 is 0. The van der Waals surface area contributed by atoms with Gasteiger partial charge in [-0.2, -0.15) is 0 Å². The zero-order chi connectivity index (χ0) is 15.3. The Morgan fingerprint density at radius 3 is 1.85 bits per heavy atom. The number of carbonyl (C=O) groups is 3. The maximum absolute atomic E-state index is 12.4. The van der Waals surface area contributed by atoms with Crippen molar-refractivity contribution < 1.29 is 24.6 Å². The van der Waals surface area contributed by atoms with Crippen molar-refractivity contribution in [2.45, 2.75) is 19.3 Å². The van der Waals surface area contributed by atoms with E-state index in [0.717, 1.165) is 4.90 Å². The molecule has 0 aromatic heterocycles. The highest BCUT2D eigenvalue weighted by molar-refractivity contribution is 5.92. The SMILES string of the molecule is CC(C)(C(=O)N(CC(=O)O)CC(=O)O)c1ccccc1. The van der Waals surface area contributed by atoms with Crippen molar-refractivity contribution in [3.8, 4) is 0 Å². The number of rotatable bonds is 6. The van der Waals surface area contributed by atoms with E-state index in [1.54, 1.807) is 44.2 Å². The Hall–Kier alpha value is -2.37. The van der Waals surface area contributed by atoms with Crippen molar-refractivity contribution in [3.63, 3.8) is 0 Å². The summed E-state index contributed by atoms with van der Waals surface area (Å²) in [4.78, 5) is 34.8. The molecule has 6 nitrogen and oxygen atoms in total. The van der Waals surface area contributed by atoms with Gasteiger partial charge in [0.25, 0.3) is 0 Å². The molecule has 0 heterocycles. The first-order valence-corrected chi connectivity index (χ1v) is 6.03. The van der Waals surface area contributed by atoms with Crippen LogP contribution in [0.25, 0.3) is 0 Å². The molecule has 1 aromatic carbocycles. The fourth-order valence-corrected chi connectivity index (χ4v) is 1.90. The summed E-state index contributed by atoms with van der Waals surface area (Å²) in [5, 5.41) is 17.6. The van der Waals surface area contributed by atoms with Crippen LogP contribution in [0.1, 0.15) is 19.4 Å². The Bertz CT molecular complexity index is 494. The molecule has 0 saturated heterocycles. The molecule has 0 saturated carbocycles. The van der Waals surface area contributed by atoms with Crippen molar-refractivity contribution in [3.05, 3.63) is 35.9 Å². The minimum absolute atomic E-state index is 0.534. The Morgan fingerprint density at radius 1 is 1.00 bits per heavy atom. The molecule has 0 aliphatic rings. The molecule has 0 atom stereocenters. The topological polar surface area (TPSA) is 94.9 Å². The normalized spacial score (nSPS) is 10.9. The third-order valence-electron chi connectivity index (χ3n) is 2.97. The second-order valence-electron chi connectivity index (χ2n) is 4.94. The van der Waals surface area contributed by atoms with E-state index < -0.39 is 36.4 Å². The number of carboxylic acid groups (broad SMARTS) is 2. The minimum atomic E-state index is -1.25. The number of hydrogen-bond acceptors (Lipinski definition) is 3. The van der Waals surface area contributed by atoms with Gasteiger partial charge in [-0.3, -0.25) is 14.4 Å². The Morgan fingerprint density at radius 2 is 1.45 bits per heavy atom. The van der Waals surface area contributed by atoms with Crippen LogP contribution in [0.2, 0.25) is 0 Å². The van der Waals surface area contributed by atoms with Crippen molar-refractivity contribution in [2.75, 3.05) is 13.1 Å². The van der Waals surface area contributed by atoms with Crippen LogP contribution < -0.4 is 0 Å². The molecule has 0 fully saturated rings. The first-order valence-electron chi connectivity index (χ1n) is 6.03. The Labute approximate surface area is 116 Å². The predicted octanol–water partition coefficient (Wildman–Crippen LogP) is 0.962. The van der Waals surface area contributed by atoms with Gasteiger partial charge in [0.2, 0.25) is 5.91 Å². The molecule has 20 heavy (non-hydrogen) atoms. The van der Waals surface area contributed by atoms with E-state index in [0.29, 0.717) is 5.56 Å². The third-order valence-corrected chi connectivity index (χ3v) is 2.97. The smallest absolute Gasteiger partial charge is 0.323 e. The lowest BCUT2D eigenvalue weighted by molar-refractivity contribution is -0.151. The van der Waals surface area contributed by atoms with Gasteiger partial charge in [0, 0.05) is 0 Å². The van der Waals surface area contributed by atoms with E-state index in [1.165, 1.54) is 0 Å². The van der Waals surface area contributed by atoms with Crippen molar-refractivity contribution >= 4 is 17.8 Å². The fraction of sp³-hybridized carbons (Fsp3) is 0.357. The van der Waals surface area contributed by atoms with Crippen LogP contribution in [-0.4, -0.2) is 46.0 Å². The van der Waals surface area contributed by atoms with Gasteiger partial charge in [0.05, 0.1) is 5.41 Å². The molecule has 6 heteroatoms. The lowest BCUT2D eigenvalue weighted by Crippen LogP contribution is -2.47. The number of hydrogen-bond donors (Lipinski definition) is 2. The molecular weight excluding hydrogens is 262 g/mol. The van der Waals surface area contributed by atoms with Gasteiger partial charge in [0.1, 0.15) is 13.1 Å².